The molecule has 2 aromatic carbocycles. The van der Waals surface area contributed by atoms with Crippen LogP contribution in [-0.2, 0) is 17.6 Å². The Labute approximate surface area is 184 Å². The molecule has 0 fully saturated rings. The number of aryl methyl sites for hydroxylation is 1. The monoisotopic (exact) mass is 420 g/mol. The standard InChI is InChI=1S/C19H26N4O2.C6H6/c1-14-5-6-15(13-18(24)25)12-16(14)7-11-21-8-3-10-22-17-4-2-9-23-19(17)20;1-2-4-6-5-3-1/h2,4-6,9,12,21-22H,3,7-8,10-11,13H2,1H3,(H2,20,23)(H,24,25);1-6H. The van der Waals surface area contributed by atoms with Crippen molar-refractivity contribution in [1.29, 1.82) is 0 Å². The van der Waals surface area contributed by atoms with E-state index in [1.54, 1.807) is 6.20 Å². The zero-order valence-electron chi connectivity index (χ0n) is 18.1. The van der Waals surface area contributed by atoms with E-state index < -0.39 is 5.97 Å². The summed E-state index contributed by atoms with van der Waals surface area (Å²) in [5.41, 5.74) is 9.90. The topological polar surface area (TPSA) is 100 Å². The van der Waals surface area contributed by atoms with Crippen molar-refractivity contribution in [2.75, 3.05) is 30.7 Å². The first kappa shape index (κ1) is 23.9. The molecule has 6 heteroatoms. The van der Waals surface area contributed by atoms with E-state index in [0.717, 1.165) is 43.7 Å². The van der Waals surface area contributed by atoms with Gasteiger partial charge in [0.2, 0.25) is 0 Å². The van der Waals surface area contributed by atoms with Crippen LogP contribution >= 0.6 is 0 Å². The van der Waals surface area contributed by atoms with Crippen LogP contribution in [0.4, 0.5) is 11.5 Å². The first-order valence-corrected chi connectivity index (χ1v) is 10.5. The van der Waals surface area contributed by atoms with Gasteiger partial charge in [0.15, 0.2) is 0 Å². The van der Waals surface area contributed by atoms with Crippen LogP contribution in [0.5, 0.6) is 0 Å². The summed E-state index contributed by atoms with van der Waals surface area (Å²) in [7, 11) is 0. The van der Waals surface area contributed by atoms with Crippen LogP contribution in [0, 0.1) is 6.92 Å². The predicted molar refractivity (Wildman–Crippen MR) is 127 cm³/mol. The van der Waals surface area contributed by atoms with Crippen molar-refractivity contribution in [3.8, 4) is 0 Å². The lowest BCUT2D eigenvalue weighted by Gasteiger charge is -2.10. The molecule has 0 amide bonds. The van der Waals surface area contributed by atoms with E-state index in [9.17, 15) is 4.79 Å². The molecule has 0 spiro atoms. The van der Waals surface area contributed by atoms with Crippen LogP contribution in [0.2, 0.25) is 0 Å². The second kappa shape index (κ2) is 13.8. The van der Waals surface area contributed by atoms with E-state index in [-0.39, 0.29) is 6.42 Å². The summed E-state index contributed by atoms with van der Waals surface area (Å²) >= 11 is 0. The molecule has 0 aliphatic rings. The molecule has 1 heterocycles. The Balaban J connectivity index is 0.000000488. The van der Waals surface area contributed by atoms with Crippen LogP contribution in [-0.4, -0.2) is 35.7 Å². The average molecular weight is 421 g/mol. The Morgan fingerprint density at radius 1 is 1.00 bits per heavy atom. The number of carboxylic acids is 1. The number of anilines is 2. The molecule has 164 valence electrons. The zero-order valence-corrected chi connectivity index (χ0v) is 18.1. The molecule has 3 aromatic rings. The minimum absolute atomic E-state index is 0.0733. The van der Waals surface area contributed by atoms with Gasteiger partial charge >= 0.3 is 5.97 Å². The minimum Gasteiger partial charge on any atom is -0.481 e. The average Bonchev–Trinajstić information content (AvgIpc) is 2.77. The van der Waals surface area contributed by atoms with Crippen molar-refractivity contribution in [3.05, 3.63) is 89.6 Å². The molecule has 1 aromatic heterocycles. The maximum atomic E-state index is 10.8. The summed E-state index contributed by atoms with van der Waals surface area (Å²) in [6.07, 6.45) is 3.62. The van der Waals surface area contributed by atoms with Gasteiger partial charge < -0.3 is 21.5 Å². The van der Waals surface area contributed by atoms with Gasteiger partial charge in [0.1, 0.15) is 5.82 Å². The van der Waals surface area contributed by atoms with Gasteiger partial charge in [-0.1, -0.05) is 54.6 Å². The van der Waals surface area contributed by atoms with Crippen molar-refractivity contribution in [2.24, 2.45) is 0 Å². The number of nitrogens with one attached hydrogen (secondary N) is 2. The fourth-order valence-corrected chi connectivity index (χ4v) is 3.02. The molecule has 0 atom stereocenters. The lowest BCUT2D eigenvalue weighted by atomic mass is 10.0. The van der Waals surface area contributed by atoms with E-state index in [0.29, 0.717) is 5.82 Å². The van der Waals surface area contributed by atoms with Crippen molar-refractivity contribution < 1.29 is 9.90 Å². The van der Waals surface area contributed by atoms with E-state index in [1.165, 1.54) is 11.1 Å². The van der Waals surface area contributed by atoms with Gasteiger partial charge in [0.25, 0.3) is 0 Å². The van der Waals surface area contributed by atoms with Crippen molar-refractivity contribution in [1.82, 2.24) is 10.3 Å². The first-order valence-electron chi connectivity index (χ1n) is 10.5. The zero-order chi connectivity index (χ0) is 22.3. The number of benzene rings is 2. The lowest BCUT2D eigenvalue weighted by molar-refractivity contribution is -0.136. The largest absolute Gasteiger partial charge is 0.481 e. The fourth-order valence-electron chi connectivity index (χ4n) is 3.02. The van der Waals surface area contributed by atoms with Gasteiger partial charge in [-0.15, -0.1) is 0 Å². The molecule has 0 bridgehead atoms. The highest BCUT2D eigenvalue weighted by atomic mass is 16.4. The van der Waals surface area contributed by atoms with Crippen LogP contribution in [0.1, 0.15) is 23.1 Å². The third-order valence-electron chi connectivity index (χ3n) is 4.69. The number of carbonyl (C=O) groups is 1. The molecule has 0 radical (unpaired) electrons. The van der Waals surface area contributed by atoms with Crippen molar-refractivity contribution >= 4 is 17.5 Å². The highest BCUT2D eigenvalue weighted by Crippen LogP contribution is 2.13. The second-order valence-corrected chi connectivity index (χ2v) is 7.20. The number of aromatic nitrogens is 1. The first-order chi connectivity index (χ1) is 15.1. The van der Waals surface area contributed by atoms with Gasteiger partial charge in [-0.2, -0.15) is 0 Å². The summed E-state index contributed by atoms with van der Waals surface area (Å²) in [6.45, 7) is 4.66. The van der Waals surface area contributed by atoms with Gasteiger partial charge in [0.05, 0.1) is 12.1 Å². The molecule has 3 rings (SSSR count). The van der Waals surface area contributed by atoms with Crippen LogP contribution in [0.15, 0.2) is 72.9 Å². The summed E-state index contributed by atoms with van der Waals surface area (Å²) in [5.74, 6) is -0.276. The predicted octanol–water partition coefficient (Wildman–Crippen LogP) is 3.92. The number of nitrogen functional groups attached to an aromatic ring is 1. The van der Waals surface area contributed by atoms with E-state index in [4.69, 9.17) is 10.8 Å². The third kappa shape index (κ3) is 9.78. The summed E-state index contributed by atoms with van der Waals surface area (Å²) in [4.78, 5) is 14.9. The Morgan fingerprint density at radius 2 is 1.71 bits per heavy atom. The van der Waals surface area contributed by atoms with E-state index in [2.05, 4.69) is 22.5 Å². The Morgan fingerprint density at radius 3 is 2.35 bits per heavy atom. The minimum atomic E-state index is -0.797. The highest BCUT2D eigenvalue weighted by Gasteiger charge is 2.04. The smallest absolute Gasteiger partial charge is 0.307 e. The van der Waals surface area contributed by atoms with Crippen molar-refractivity contribution in [2.45, 2.75) is 26.2 Å². The van der Waals surface area contributed by atoms with Crippen LogP contribution < -0.4 is 16.4 Å². The number of pyridine rings is 1. The number of carboxylic acid groups (broad SMARTS) is 1. The maximum absolute atomic E-state index is 10.8. The molecular weight excluding hydrogens is 388 g/mol. The molecule has 0 saturated carbocycles. The van der Waals surface area contributed by atoms with Gasteiger partial charge in [-0.3, -0.25) is 4.79 Å². The SMILES string of the molecule is Cc1ccc(CC(=O)O)cc1CCNCCCNc1cccnc1N.c1ccccc1. The number of aliphatic carboxylic acids is 1. The number of nitrogens with zero attached hydrogens (tertiary/aromatic N) is 1. The number of hydrogen-bond acceptors (Lipinski definition) is 5. The lowest BCUT2D eigenvalue weighted by Crippen LogP contribution is -2.21. The van der Waals surface area contributed by atoms with Crippen LogP contribution in [0.3, 0.4) is 0 Å². The Bertz CT molecular complexity index is 890. The number of rotatable bonds is 10. The van der Waals surface area contributed by atoms with E-state index in [1.807, 2.05) is 66.7 Å². The molecule has 0 unspecified atom stereocenters. The Kier molecular flexibility index (Phi) is 10.6. The molecule has 5 N–H and O–H groups in total. The second-order valence-electron chi connectivity index (χ2n) is 7.20. The quantitative estimate of drug-likeness (QED) is 0.371. The molecule has 31 heavy (non-hydrogen) atoms. The molecule has 0 aliphatic heterocycles. The summed E-state index contributed by atoms with van der Waals surface area (Å²) in [5, 5.41) is 15.6. The molecule has 0 aliphatic carbocycles. The van der Waals surface area contributed by atoms with E-state index >= 15 is 0 Å². The van der Waals surface area contributed by atoms with Gasteiger partial charge in [-0.05, 0) is 61.7 Å². The van der Waals surface area contributed by atoms with Crippen LogP contribution in [0.25, 0.3) is 0 Å². The maximum Gasteiger partial charge on any atom is 0.307 e. The number of nitrogens with two attached hydrogens (primary N) is 1. The Hall–Kier alpha value is -3.38. The highest BCUT2D eigenvalue weighted by molar-refractivity contribution is 5.70. The van der Waals surface area contributed by atoms with Gasteiger partial charge in [0, 0.05) is 12.7 Å². The molecule has 0 saturated heterocycles. The molecule has 6 nitrogen and oxygen atoms in total. The summed E-state index contributed by atoms with van der Waals surface area (Å²) < 4.78 is 0. The summed E-state index contributed by atoms with van der Waals surface area (Å²) in [6, 6.07) is 21.7. The van der Waals surface area contributed by atoms with Gasteiger partial charge in [-0.25, -0.2) is 4.98 Å². The fraction of sp³-hybridized carbons (Fsp3) is 0.280. The normalized spacial score (nSPS) is 10.1. The molecular formula is C25H32N4O2. The third-order valence-corrected chi connectivity index (χ3v) is 4.69. The number of hydrogen-bond donors (Lipinski definition) is 4. The van der Waals surface area contributed by atoms with Crippen molar-refractivity contribution in [3.63, 3.8) is 0 Å².